The molecule has 1 aliphatic rings. The van der Waals surface area contributed by atoms with Gasteiger partial charge >= 0.3 is 0 Å². The lowest BCUT2D eigenvalue weighted by atomic mass is 9.97. The second-order valence-electron chi connectivity index (χ2n) is 8.00. The highest BCUT2D eigenvalue weighted by atomic mass is 35.5. The van der Waals surface area contributed by atoms with Crippen LogP contribution in [0.4, 0.5) is 4.39 Å². The number of hydrogen-bond acceptors (Lipinski definition) is 6. The number of halogens is 2. The maximum Gasteiger partial charge on any atom is 0.245 e. The standard InChI is InChI=1S/C23H26ClFN6O2/c1-26-4-3-22(32)27-11-15-7-21-23(28-14-29-31(21)12-15)19-8-16(24)9-20(25)18(19)10-17-13-30(2)5-6-33-17/h3-4,7-9,12,14,17,26H,5-6,10-11,13H2,1-2H3,(H,27,32)/b4-3-. The molecule has 1 atom stereocenters. The summed E-state index contributed by atoms with van der Waals surface area (Å²) in [4.78, 5) is 18.5. The van der Waals surface area contributed by atoms with Gasteiger partial charge in [-0.25, -0.2) is 13.9 Å². The van der Waals surface area contributed by atoms with Crippen LogP contribution in [0.5, 0.6) is 0 Å². The Morgan fingerprint density at radius 3 is 3.03 bits per heavy atom. The Hall–Kier alpha value is -3.01. The Bertz CT molecular complexity index is 1180. The maximum absolute atomic E-state index is 15.1. The molecule has 10 heteroatoms. The van der Waals surface area contributed by atoms with Crippen LogP contribution in [0.2, 0.25) is 5.02 Å². The highest BCUT2D eigenvalue weighted by Crippen LogP contribution is 2.32. The number of morpholine rings is 1. The Kier molecular flexibility index (Phi) is 7.22. The van der Waals surface area contributed by atoms with E-state index in [0.717, 1.165) is 18.7 Å². The smallest absolute Gasteiger partial charge is 0.245 e. The lowest BCUT2D eigenvalue weighted by Crippen LogP contribution is -2.41. The molecule has 2 N–H and O–H groups in total. The molecule has 0 spiro atoms. The molecule has 1 unspecified atom stereocenters. The summed E-state index contributed by atoms with van der Waals surface area (Å²) in [5, 5.41) is 10.2. The fourth-order valence-corrected chi connectivity index (χ4v) is 4.14. The molecule has 174 valence electrons. The van der Waals surface area contributed by atoms with Gasteiger partial charge in [0, 0.05) is 67.7 Å². The zero-order chi connectivity index (χ0) is 23.4. The summed E-state index contributed by atoms with van der Waals surface area (Å²) in [5.74, 6) is -0.607. The van der Waals surface area contributed by atoms with E-state index in [1.54, 1.807) is 23.8 Å². The number of amides is 1. The van der Waals surface area contributed by atoms with Crippen LogP contribution in [0, 0.1) is 5.82 Å². The predicted molar refractivity (Wildman–Crippen MR) is 124 cm³/mol. The average Bonchev–Trinajstić information content (AvgIpc) is 3.21. The first-order valence-corrected chi connectivity index (χ1v) is 11.0. The van der Waals surface area contributed by atoms with E-state index in [9.17, 15) is 4.79 Å². The third kappa shape index (κ3) is 5.50. The summed E-state index contributed by atoms with van der Waals surface area (Å²) >= 11 is 6.23. The number of hydrogen-bond donors (Lipinski definition) is 2. The van der Waals surface area contributed by atoms with E-state index >= 15 is 4.39 Å². The number of nitrogens with one attached hydrogen (secondary N) is 2. The molecule has 33 heavy (non-hydrogen) atoms. The molecule has 0 aliphatic carbocycles. The van der Waals surface area contributed by atoms with Crippen molar-refractivity contribution in [2.45, 2.75) is 19.1 Å². The van der Waals surface area contributed by atoms with Crippen molar-refractivity contribution >= 4 is 23.0 Å². The minimum atomic E-state index is -0.388. The number of nitrogens with zero attached hydrogens (tertiary/aromatic N) is 4. The molecule has 3 heterocycles. The molecule has 1 aliphatic heterocycles. The second-order valence-corrected chi connectivity index (χ2v) is 8.44. The Labute approximate surface area is 196 Å². The van der Waals surface area contributed by atoms with E-state index in [-0.39, 0.29) is 17.8 Å². The third-order valence-electron chi connectivity index (χ3n) is 5.52. The highest BCUT2D eigenvalue weighted by molar-refractivity contribution is 6.31. The van der Waals surface area contributed by atoms with Gasteiger partial charge in [0.15, 0.2) is 0 Å². The van der Waals surface area contributed by atoms with Gasteiger partial charge in [-0.15, -0.1) is 0 Å². The summed E-state index contributed by atoms with van der Waals surface area (Å²) in [6.07, 6.45) is 6.47. The summed E-state index contributed by atoms with van der Waals surface area (Å²) in [6, 6.07) is 4.93. The number of likely N-dealkylation sites (N-methyl/N-ethyl adjacent to an activating group) is 1. The van der Waals surface area contributed by atoms with Gasteiger partial charge in [-0.05, 0) is 30.8 Å². The van der Waals surface area contributed by atoms with Crippen molar-refractivity contribution in [3.63, 3.8) is 0 Å². The number of fused-ring (bicyclic) bond motifs is 1. The van der Waals surface area contributed by atoms with Gasteiger partial charge in [-0.2, -0.15) is 5.10 Å². The van der Waals surface area contributed by atoms with Crippen LogP contribution in [0.25, 0.3) is 16.8 Å². The van der Waals surface area contributed by atoms with E-state index in [4.69, 9.17) is 16.3 Å². The van der Waals surface area contributed by atoms with Crippen LogP contribution in [0.15, 0.2) is 43.0 Å². The van der Waals surface area contributed by atoms with Crippen molar-refractivity contribution < 1.29 is 13.9 Å². The van der Waals surface area contributed by atoms with E-state index in [0.29, 0.717) is 46.9 Å². The van der Waals surface area contributed by atoms with E-state index in [2.05, 4.69) is 25.6 Å². The molecule has 1 amide bonds. The fraction of sp³-hybridized carbons (Fsp3) is 0.348. The molecule has 0 saturated carbocycles. The van der Waals surface area contributed by atoms with Gasteiger partial charge in [0.2, 0.25) is 5.91 Å². The first-order valence-electron chi connectivity index (χ1n) is 10.7. The largest absolute Gasteiger partial charge is 0.394 e. The van der Waals surface area contributed by atoms with E-state index < -0.39 is 0 Å². The maximum atomic E-state index is 15.1. The number of ether oxygens (including phenoxy) is 1. The molecule has 4 rings (SSSR count). The van der Waals surface area contributed by atoms with Gasteiger partial charge in [-0.1, -0.05) is 11.6 Å². The summed E-state index contributed by atoms with van der Waals surface area (Å²) in [6.45, 7) is 2.50. The molecule has 1 saturated heterocycles. The van der Waals surface area contributed by atoms with Gasteiger partial charge in [0.1, 0.15) is 12.1 Å². The van der Waals surface area contributed by atoms with Crippen LogP contribution in [0.1, 0.15) is 11.1 Å². The van der Waals surface area contributed by atoms with E-state index in [1.165, 1.54) is 18.5 Å². The summed E-state index contributed by atoms with van der Waals surface area (Å²) in [5.41, 5.74) is 3.21. The Morgan fingerprint density at radius 1 is 1.39 bits per heavy atom. The quantitative estimate of drug-likeness (QED) is 0.514. The first-order chi connectivity index (χ1) is 15.9. The van der Waals surface area contributed by atoms with Gasteiger partial charge in [0.25, 0.3) is 0 Å². The highest BCUT2D eigenvalue weighted by Gasteiger charge is 2.24. The zero-order valence-electron chi connectivity index (χ0n) is 18.5. The van der Waals surface area contributed by atoms with E-state index in [1.807, 2.05) is 19.3 Å². The number of carbonyl (C=O) groups excluding carboxylic acids is 1. The predicted octanol–water partition coefficient (Wildman–Crippen LogP) is 2.41. The minimum absolute atomic E-state index is 0.126. The Balaban J connectivity index is 1.67. The molecule has 0 bridgehead atoms. The van der Waals surface area contributed by atoms with Crippen molar-refractivity contribution in [2.75, 3.05) is 33.8 Å². The minimum Gasteiger partial charge on any atom is -0.394 e. The zero-order valence-corrected chi connectivity index (χ0v) is 19.3. The second kappa shape index (κ2) is 10.3. The van der Waals surface area contributed by atoms with Crippen molar-refractivity contribution in [1.82, 2.24) is 30.1 Å². The molecule has 1 fully saturated rings. The van der Waals surface area contributed by atoms with Crippen LogP contribution in [-0.4, -0.2) is 65.3 Å². The number of benzene rings is 1. The van der Waals surface area contributed by atoms with Crippen molar-refractivity contribution in [1.29, 1.82) is 0 Å². The summed E-state index contributed by atoms with van der Waals surface area (Å²) in [7, 11) is 3.74. The lowest BCUT2D eigenvalue weighted by molar-refractivity contribution is -0.116. The Morgan fingerprint density at radius 2 is 2.24 bits per heavy atom. The fourth-order valence-electron chi connectivity index (χ4n) is 3.93. The van der Waals surface area contributed by atoms with Crippen molar-refractivity contribution in [3.05, 3.63) is 65.0 Å². The third-order valence-corrected chi connectivity index (χ3v) is 5.74. The monoisotopic (exact) mass is 472 g/mol. The molecule has 2 aromatic heterocycles. The molecule has 8 nitrogen and oxygen atoms in total. The van der Waals surface area contributed by atoms with Gasteiger partial charge < -0.3 is 20.3 Å². The van der Waals surface area contributed by atoms with Crippen LogP contribution < -0.4 is 10.6 Å². The van der Waals surface area contributed by atoms with Crippen LogP contribution >= 0.6 is 11.6 Å². The van der Waals surface area contributed by atoms with Crippen molar-refractivity contribution in [2.24, 2.45) is 0 Å². The molecule has 1 aromatic carbocycles. The number of carbonyl (C=O) groups is 1. The topological polar surface area (TPSA) is 83.8 Å². The summed E-state index contributed by atoms with van der Waals surface area (Å²) < 4.78 is 22.6. The van der Waals surface area contributed by atoms with Crippen molar-refractivity contribution in [3.8, 4) is 11.3 Å². The number of rotatable bonds is 7. The molecule has 3 aromatic rings. The van der Waals surface area contributed by atoms with Crippen LogP contribution in [-0.2, 0) is 22.5 Å². The molecule has 0 radical (unpaired) electrons. The average molecular weight is 473 g/mol. The molecular formula is C23H26ClFN6O2. The lowest BCUT2D eigenvalue weighted by Gasteiger charge is -2.30. The number of aromatic nitrogens is 3. The van der Waals surface area contributed by atoms with Crippen LogP contribution in [0.3, 0.4) is 0 Å². The van der Waals surface area contributed by atoms with Gasteiger partial charge in [-0.3, -0.25) is 4.79 Å². The SMILES string of the molecule is CN/C=C\C(=O)NCc1cc2c(-c3cc(Cl)cc(F)c3CC3CN(C)CCO3)ncnn2c1. The first kappa shape index (κ1) is 23.2. The van der Waals surface area contributed by atoms with Gasteiger partial charge in [0.05, 0.1) is 23.9 Å². The normalized spacial score (nSPS) is 17.0. The molecular weight excluding hydrogens is 447 g/mol.